The Hall–Kier alpha value is -3.22. The molecule has 32 heavy (non-hydrogen) atoms. The summed E-state index contributed by atoms with van der Waals surface area (Å²) in [6.45, 7) is 6.33. The molecule has 0 radical (unpaired) electrons. The van der Waals surface area contributed by atoms with Crippen LogP contribution in [0.4, 0.5) is 10.1 Å². The van der Waals surface area contributed by atoms with Gasteiger partial charge in [0.05, 0.1) is 0 Å². The van der Waals surface area contributed by atoms with E-state index in [-0.39, 0.29) is 54.8 Å². The second-order valence-corrected chi connectivity index (χ2v) is 9.52. The quantitative estimate of drug-likeness (QED) is 0.719. The third kappa shape index (κ3) is 4.66. The lowest BCUT2D eigenvalue weighted by Gasteiger charge is -2.25. The van der Waals surface area contributed by atoms with Gasteiger partial charge in [-0.05, 0) is 60.2 Å². The molecule has 0 unspecified atom stereocenters. The van der Waals surface area contributed by atoms with Crippen LogP contribution < -0.4 is 4.90 Å². The van der Waals surface area contributed by atoms with Gasteiger partial charge in [0.25, 0.3) is 5.91 Å². The van der Waals surface area contributed by atoms with Gasteiger partial charge in [-0.1, -0.05) is 32.9 Å². The first-order valence-electron chi connectivity index (χ1n) is 10.9. The van der Waals surface area contributed by atoms with Crippen molar-refractivity contribution in [3.05, 3.63) is 65.5 Å². The molecule has 1 heterocycles. The lowest BCUT2D eigenvalue weighted by atomic mass is 9.86. The summed E-state index contributed by atoms with van der Waals surface area (Å²) in [6.07, 6.45) is 1.75. The predicted molar refractivity (Wildman–Crippen MR) is 120 cm³/mol. The smallest absolute Gasteiger partial charge is 0.254 e. The van der Waals surface area contributed by atoms with Crippen molar-refractivity contribution in [3.63, 3.8) is 0 Å². The minimum absolute atomic E-state index is 0.00753. The number of carbonyl (C=O) groups is 3. The summed E-state index contributed by atoms with van der Waals surface area (Å²) in [5.41, 5.74) is 2.23. The topological polar surface area (TPSA) is 60.9 Å². The monoisotopic (exact) mass is 437 g/mol. The number of hydrogen-bond acceptors (Lipinski definition) is 3. The number of benzene rings is 2. The molecule has 0 aromatic heterocycles. The summed E-state index contributed by atoms with van der Waals surface area (Å²) >= 11 is 0. The van der Waals surface area contributed by atoms with Crippen molar-refractivity contribution in [3.8, 4) is 0 Å². The molecule has 2 aliphatic rings. The molecular weight excluding hydrogens is 409 g/mol. The third-order valence-corrected chi connectivity index (χ3v) is 5.98. The van der Waals surface area contributed by atoms with Gasteiger partial charge in [-0.3, -0.25) is 19.3 Å². The average molecular weight is 438 g/mol. The molecule has 0 spiro atoms. The molecule has 168 valence electrons. The number of hydrogen-bond donors (Lipinski definition) is 0. The van der Waals surface area contributed by atoms with Gasteiger partial charge >= 0.3 is 0 Å². The fraction of sp³-hybridized carbons (Fsp3) is 0.400. The highest BCUT2D eigenvalue weighted by Gasteiger charge is 2.38. The Kier molecular flexibility index (Phi) is 5.75. The van der Waals surface area contributed by atoms with Gasteiger partial charge in [0.2, 0.25) is 11.8 Å². The zero-order valence-corrected chi connectivity index (χ0v) is 18.7. The highest BCUT2D eigenvalue weighted by Crippen LogP contribution is 2.29. The molecular formula is C25H28FN3O3. The van der Waals surface area contributed by atoms with Gasteiger partial charge < -0.3 is 9.80 Å². The molecule has 1 aliphatic carbocycles. The van der Waals surface area contributed by atoms with E-state index in [1.165, 1.54) is 34.1 Å². The van der Waals surface area contributed by atoms with Crippen molar-refractivity contribution >= 4 is 23.4 Å². The SMILES string of the molecule is CC(C)(C)c1ccc(C(=O)N(CC(=O)N2CC(=O)N(c3ccc(F)cc3)C2)C2CC2)cc1. The molecule has 6 nitrogen and oxygen atoms in total. The number of anilines is 1. The van der Waals surface area contributed by atoms with Crippen molar-refractivity contribution in [2.24, 2.45) is 0 Å². The summed E-state index contributed by atoms with van der Waals surface area (Å²) in [4.78, 5) is 43.1. The first-order chi connectivity index (χ1) is 15.1. The van der Waals surface area contributed by atoms with E-state index in [4.69, 9.17) is 0 Å². The first kappa shape index (κ1) is 22.0. The minimum Gasteiger partial charge on any atom is -0.326 e. The van der Waals surface area contributed by atoms with Crippen LogP contribution in [0.15, 0.2) is 48.5 Å². The van der Waals surface area contributed by atoms with E-state index in [2.05, 4.69) is 20.8 Å². The van der Waals surface area contributed by atoms with Crippen molar-refractivity contribution in [1.29, 1.82) is 0 Å². The number of rotatable bonds is 5. The number of carbonyl (C=O) groups excluding carboxylic acids is 3. The number of halogens is 1. The first-order valence-corrected chi connectivity index (χ1v) is 10.9. The lowest BCUT2D eigenvalue weighted by Crippen LogP contribution is -2.43. The van der Waals surface area contributed by atoms with Crippen LogP contribution in [0.5, 0.6) is 0 Å². The van der Waals surface area contributed by atoms with Crippen LogP contribution in [0.25, 0.3) is 0 Å². The second-order valence-electron chi connectivity index (χ2n) is 9.52. The van der Waals surface area contributed by atoms with Crippen molar-refractivity contribution in [2.45, 2.75) is 45.1 Å². The van der Waals surface area contributed by atoms with Gasteiger partial charge in [-0.15, -0.1) is 0 Å². The third-order valence-electron chi connectivity index (χ3n) is 5.98. The Labute approximate surface area is 187 Å². The van der Waals surface area contributed by atoms with Crippen LogP contribution in [-0.2, 0) is 15.0 Å². The Morgan fingerprint density at radius 3 is 2.22 bits per heavy atom. The summed E-state index contributed by atoms with van der Waals surface area (Å²) in [5, 5.41) is 0. The molecule has 4 rings (SSSR count). The van der Waals surface area contributed by atoms with Gasteiger partial charge in [0.15, 0.2) is 0 Å². The minimum atomic E-state index is -0.387. The van der Waals surface area contributed by atoms with Crippen LogP contribution >= 0.6 is 0 Å². The Morgan fingerprint density at radius 1 is 1.03 bits per heavy atom. The maximum atomic E-state index is 13.2. The molecule has 1 saturated carbocycles. The maximum absolute atomic E-state index is 13.2. The number of amides is 3. The largest absolute Gasteiger partial charge is 0.326 e. The van der Waals surface area contributed by atoms with E-state index >= 15 is 0 Å². The predicted octanol–water partition coefficient (Wildman–Crippen LogP) is 3.56. The van der Waals surface area contributed by atoms with Crippen LogP contribution in [-0.4, -0.2) is 53.3 Å². The fourth-order valence-corrected chi connectivity index (χ4v) is 3.84. The van der Waals surface area contributed by atoms with Crippen LogP contribution in [0, 0.1) is 5.82 Å². The summed E-state index contributed by atoms with van der Waals surface area (Å²) < 4.78 is 13.2. The van der Waals surface area contributed by atoms with Crippen LogP contribution in [0.2, 0.25) is 0 Å². The molecule has 1 saturated heterocycles. The van der Waals surface area contributed by atoms with E-state index in [9.17, 15) is 18.8 Å². The Balaban J connectivity index is 1.44. The average Bonchev–Trinajstić information content (AvgIpc) is 3.52. The van der Waals surface area contributed by atoms with Crippen LogP contribution in [0.1, 0.15) is 49.5 Å². The van der Waals surface area contributed by atoms with Crippen molar-refractivity contribution in [2.75, 3.05) is 24.7 Å². The maximum Gasteiger partial charge on any atom is 0.254 e. The molecule has 0 N–H and O–H groups in total. The van der Waals surface area contributed by atoms with E-state index in [1.807, 2.05) is 24.3 Å². The van der Waals surface area contributed by atoms with E-state index in [0.29, 0.717) is 11.3 Å². The molecule has 2 fully saturated rings. The lowest BCUT2D eigenvalue weighted by molar-refractivity contribution is -0.132. The molecule has 3 amide bonds. The standard InChI is InChI=1S/C25H28FN3O3/c1-25(2,3)18-6-4-17(5-7-18)24(32)28(20-12-13-20)15-22(30)27-14-23(31)29(16-27)21-10-8-19(26)9-11-21/h4-11,20H,12-16H2,1-3H3. The molecule has 1 aliphatic heterocycles. The van der Waals surface area contributed by atoms with Crippen molar-refractivity contribution < 1.29 is 18.8 Å². The van der Waals surface area contributed by atoms with Gasteiger partial charge in [0, 0.05) is 17.3 Å². The highest BCUT2D eigenvalue weighted by atomic mass is 19.1. The Bertz CT molecular complexity index is 1020. The zero-order chi connectivity index (χ0) is 23.0. The molecule has 2 aromatic carbocycles. The molecule has 2 aromatic rings. The zero-order valence-electron chi connectivity index (χ0n) is 18.7. The van der Waals surface area contributed by atoms with Gasteiger partial charge in [0.1, 0.15) is 25.6 Å². The van der Waals surface area contributed by atoms with Crippen LogP contribution in [0.3, 0.4) is 0 Å². The van der Waals surface area contributed by atoms with E-state index < -0.39 is 0 Å². The normalized spacial score (nSPS) is 16.4. The van der Waals surface area contributed by atoms with E-state index in [0.717, 1.165) is 18.4 Å². The van der Waals surface area contributed by atoms with E-state index in [1.54, 1.807) is 4.90 Å². The second kappa shape index (κ2) is 8.37. The molecule has 7 heteroatoms. The summed E-state index contributed by atoms with van der Waals surface area (Å²) in [6, 6.07) is 13.2. The highest BCUT2D eigenvalue weighted by molar-refractivity contribution is 6.01. The summed E-state index contributed by atoms with van der Waals surface area (Å²) in [7, 11) is 0. The summed E-state index contributed by atoms with van der Waals surface area (Å²) in [5.74, 6) is -1.05. The van der Waals surface area contributed by atoms with Gasteiger partial charge in [-0.25, -0.2) is 4.39 Å². The van der Waals surface area contributed by atoms with Gasteiger partial charge in [-0.2, -0.15) is 0 Å². The fourth-order valence-electron chi connectivity index (χ4n) is 3.84. The van der Waals surface area contributed by atoms with Crippen molar-refractivity contribution in [1.82, 2.24) is 9.80 Å². The Morgan fingerprint density at radius 2 is 1.66 bits per heavy atom. The molecule has 0 bridgehead atoms. The number of nitrogens with zero attached hydrogens (tertiary/aromatic N) is 3. The molecule has 0 atom stereocenters.